The van der Waals surface area contributed by atoms with Crippen LogP contribution in [0, 0.1) is 0 Å². The van der Waals surface area contributed by atoms with E-state index in [0.29, 0.717) is 24.7 Å². The molecule has 1 aromatic carbocycles. The van der Waals surface area contributed by atoms with E-state index in [9.17, 15) is 4.79 Å². The van der Waals surface area contributed by atoms with E-state index in [2.05, 4.69) is 25.6 Å². The normalized spacial score (nSPS) is 10.3. The third-order valence-electron chi connectivity index (χ3n) is 3.91. The summed E-state index contributed by atoms with van der Waals surface area (Å²) >= 11 is 0. The first-order chi connectivity index (χ1) is 13.3. The van der Waals surface area contributed by atoms with Crippen LogP contribution in [0.2, 0.25) is 0 Å². The molecule has 0 unspecified atom stereocenters. The van der Waals surface area contributed by atoms with Crippen LogP contribution < -0.4 is 15.4 Å². The van der Waals surface area contributed by atoms with Crippen LogP contribution in [0.25, 0.3) is 0 Å². The summed E-state index contributed by atoms with van der Waals surface area (Å²) in [5.74, 6) is 0.995. The summed E-state index contributed by atoms with van der Waals surface area (Å²) in [6.45, 7) is 0.972. The van der Waals surface area contributed by atoms with E-state index in [-0.39, 0.29) is 5.91 Å². The van der Waals surface area contributed by atoms with Gasteiger partial charge in [-0.1, -0.05) is 24.3 Å². The lowest BCUT2D eigenvalue weighted by molar-refractivity contribution is 0.0945. The maximum atomic E-state index is 12.3. The molecule has 0 atom stereocenters. The molecule has 27 heavy (non-hydrogen) atoms. The van der Waals surface area contributed by atoms with E-state index < -0.39 is 0 Å². The Bertz CT molecular complexity index is 886. The van der Waals surface area contributed by atoms with Crippen LogP contribution >= 0.6 is 0 Å². The highest BCUT2D eigenvalue weighted by molar-refractivity contribution is 5.92. The molecule has 7 heteroatoms. The lowest BCUT2D eigenvalue weighted by Crippen LogP contribution is -2.24. The first kappa shape index (κ1) is 18.3. The summed E-state index contributed by atoms with van der Waals surface area (Å²) < 4.78 is 5.34. The predicted octanol–water partition coefficient (Wildman–Crippen LogP) is 2.46. The van der Waals surface area contributed by atoms with Crippen LogP contribution in [0.5, 0.6) is 5.75 Å². The van der Waals surface area contributed by atoms with Gasteiger partial charge < -0.3 is 15.4 Å². The Morgan fingerprint density at radius 1 is 1.04 bits per heavy atom. The van der Waals surface area contributed by atoms with Crippen molar-refractivity contribution >= 4 is 11.9 Å². The molecule has 0 aliphatic rings. The molecule has 7 nitrogen and oxygen atoms in total. The lowest BCUT2D eigenvalue weighted by atomic mass is 10.1. The summed E-state index contributed by atoms with van der Waals surface area (Å²) in [4.78, 5) is 24.9. The maximum Gasteiger partial charge on any atom is 0.270 e. The molecule has 0 bridgehead atoms. The molecule has 0 saturated carbocycles. The number of aromatic nitrogens is 3. The van der Waals surface area contributed by atoms with Gasteiger partial charge in [0.05, 0.1) is 19.3 Å². The number of methoxy groups -OCH3 is 1. The summed E-state index contributed by atoms with van der Waals surface area (Å²) in [6.07, 6.45) is 4.01. The van der Waals surface area contributed by atoms with E-state index in [4.69, 9.17) is 4.74 Å². The van der Waals surface area contributed by atoms with Crippen LogP contribution in [-0.2, 0) is 13.0 Å². The third-order valence-corrected chi connectivity index (χ3v) is 3.91. The Balaban J connectivity index is 1.54. The number of hydrogen-bond acceptors (Lipinski definition) is 6. The van der Waals surface area contributed by atoms with E-state index in [1.807, 2.05) is 42.5 Å². The Kier molecular flexibility index (Phi) is 6.30. The van der Waals surface area contributed by atoms with Gasteiger partial charge in [-0.05, 0) is 36.2 Å². The Hall–Kier alpha value is -3.48. The van der Waals surface area contributed by atoms with Crippen molar-refractivity contribution in [3.8, 4) is 5.75 Å². The SMILES string of the molecule is COc1ccccc1CCNc1nccc(C(=O)NCc2ccccn2)n1. The number of amides is 1. The van der Waals surface area contributed by atoms with Crippen molar-refractivity contribution in [1.82, 2.24) is 20.3 Å². The molecule has 0 fully saturated rings. The van der Waals surface area contributed by atoms with E-state index in [1.54, 1.807) is 25.6 Å². The minimum atomic E-state index is -0.268. The van der Waals surface area contributed by atoms with Crippen LogP contribution in [-0.4, -0.2) is 34.5 Å². The molecule has 0 aliphatic heterocycles. The minimum Gasteiger partial charge on any atom is -0.496 e. The third kappa shape index (κ3) is 5.24. The highest BCUT2D eigenvalue weighted by atomic mass is 16.5. The second-order valence-corrected chi connectivity index (χ2v) is 5.76. The van der Waals surface area contributed by atoms with E-state index >= 15 is 0 Å². The number of nitrogens with one attached hydrogen (secondary N) is 2. The molecule has 0 spiro atoms. The van der Waals surface area contributed by atoms with Crippen LogP contribution in [0.1, 0.15) is 21.7 Å². The zero-order valence-corrected chi connectivity index (χ0v) is 15.1. The molecule has 1 amide bonds. The maximum absolute atomic E-state index is 12.3. The molecule has 3 rings (SSSR count). The molecule has 0 aliphatic carbocycles. The van der Waals surface area contributed by atoms with Crippen LogP contribution in [0.4, 0.5) is 5.95 Å². The number of nitrogens with zero attached hydrogens (tertiary/aromatic N) is 3. The van der Waals surface area contributed by atoms with Gasteiger partial charge in [-0.3, -0.25) is 9.78 Å². The summed E-state index contributed by atoms with van der Waals surface area (Å²) in [6, 6.07) is 15.0. The minimum absolute atomic E-state index is 0.268. The number of carbonyl (C=O) groups excluding carboxylic acids is 1. The van der Waals surface area contributed by atoms with Crippen LogP contribution in [0.15, 0.2) is 60.9 Å². The zero-order chi connectivity index (χ0) is 18.9. The summed E-state index contributed by atoms with van der Waals surface area (Å²) in [5, 5.41) is 5.95. The van der Waals surface area contributed by atoms with Crippen molar-refractivity contribution in [3.05, 3.63) is 77.9 Å². The number of rotatable bonds is 8. The second kappa shape index (κ2) is 9.28. The number of para-hydroxylation sites is 1. The first-order valence-electron chi connectivity index (χ1n) is 8.63. The summed E-state index contributed by atoms with van der Waals surface area (Å²) in [7, 11) is 1.66. The van der Waals surface area contributed by atoms with Gasteiger partial charge in [0.1, 0.15) is 11.4 Å². The fourth-order valence-corrected chi connectivity index (χ4v) is 2.55. The van der Waals surface area contributed by atoms with Crippen molar-refractivity contribution in [2.24, 2.45) is 0 Å². The van der Waals surface area contributed by atoms with Gasteiger partial charge in [-0.2, -0.15) is 0 Å². The van der Waals surface area contributed by atoms with Crippen molar-refractivity contribution in [2.75, 3.05) is 19.0 Å². The van der Waals surface area contributed by atoms with Crippen LogP contribution in [0.3, 0.4) is 0 Å². The topological polar surface area (TPSA) is 89.0 Å². The van der Waals surface area contributed by atoms with E-state index in [0.717, 1.165) is 23.4 Å². The molecule has 2 aromatic heterocycles. The van der Waals surface area contributed by atoms with Gasteiger partial charge in [-0.15, -0.1) is 0 Å². The van der Waals surface area contributed by atoms with E-state index in [1.165, 1.54) is 0 Å². The largest absolute Gasteiger partial charge is 0.496 e. The van der Waals surface area contributed by atoms with Gasteiger partial charge in [0.25, 0.3) is 5.91 Å². The fourth-order valence-electron chi connectivity index (χ4n) is 2.55. The van der Waals surface area contributed by atoms with Gasteiger partial charge in [0, 0.05) is 18.9 Å². The average molecular weight is 363 g/mol. The molecule has 3 aromatic rings. The quantitative estimate of drug-likeness (QED) is 0.639. The number of carbonyl (C=O) groups is 1. The monoisotopic (exact) mass is 363 g/mol. The molecule has 2 heterocycles. The van der Waals surface area contributed by atoms with Gasteiger partial charge in [-0.25, -0.2) is 9.97 Å². The number of benzene rings is 1. The van der Waals surface area contributed by atoms with Gasteiger partial charge in [0.2, 0.25) is 5.95 Å². The predicted molar refractivity (Wildman–Crippen MR) is 103 cm³/mol. The Morgan fingerprint density at radius 2 is 1.89 bits per heavy atom. The van der Waals surface area contributed by atoms with Gasteiger partial charge >= 0.3 is 0 Å². The number of hydrogen-bond donors (Lipinski definition) is 2. The average Bonchev–Trinajstić information content (AvgIpc) is 2.73. The molecule has 0 radical (unpaired) electrons. The number of pyridine rings is 1. The standard InChI is InChI=1S/C20H21N5O2/c1-27-18-8-3-2-6-15(18)9-12-22-20-23-13-10-17(25-20)19(26)24-14-16-7-4-5-11-21-16/h2-8,10-11,13H,9,12,14H2,1H3,(H,24,26)(H,22,23,25). The molecular weight excluding hydrogens is 342 g/mol. The van der Waals surface area contributed by atoms with Crippen molar-refractivity contribution in [2.45, 2.75) is 13.0 Å². The fraction of sp³-hybridized carbons (Fsp3) is 0.200. The first-order valence-corrected chi connectivity index (χ1v) is 8.63. The molecule has 2 N–H and O–H groups in total. The smallest absolute Gasteiger partial charge is 0.270 e. The highest BCUT2D eigenvalue weighted by Gasteiger charge is 2.09. The highest BCUT2D eigenvalue weighted by Crippen LogP contribution is 2.17. The molecule has 0 saturated heterocycles. The van der Waals surface area contributed by atoms with Gasteiger partial charge in [0.15, 0.2) is 0 Å². The lowest BCUT2D eigenvalue weighted by Gasteiger charge is -2.09. The molecule has 138 valence electrons. The van der Waals surface area contributed by atoms with Crippen molar-refractivity contribution in [1.29, 1.82) is 0 Å². The Labute approximate surface area is 157 Å². The second-order valence-electron chi connectivity index (χ2n) is 5.76. The van der Waals surface area contributed by atoms with Crippen molar-refractivity contribution < 1.29 is 9.53 Å². The number of anilines is 1. The van der Waals surface area contributed by atoms with Crippen molar-refractivity contribution in [3.63, 3.8) is 0 Å². The summed E-state index contributed by atoms with van der Waals surface area (Å²) in [5.41, 5.74) is 2.19. The Morgan fingerprint density at radius 3 is 2.70 bits per heavy atom. The number of ether oxygens (including phenoxy) is 1. The molecular formula is C20H21N5O2. The zero-order valence-electron chi connectivity index (χ0n) is 15.1.